The fourth-order valence-electron chi connectivity index (χ4n) is 1.33. The highest BCUT2D eigenvalue weighted by Gasteiger charge is 2.21. The van der Waals surface area contributed by atoms with E-state index in [1.807, 2.05) is 0 Å². The number of nitrogens with zero attached hydrogens (tertiary/aromatic N) is 2. The molecule has 0 amide bonds. The molecule has 1 unspecified atom stereocenters. The Morgan fingerprint density at radius 3 is 2.93 bits per heavy atom. The number of ether oxygens (including phenoxy) is 1. The van der Waals surface area contributed by atoms with Crippen molar-refractivity contribution < 1.29 is 9.13 Å². The van der Waals surface area contributed by atoms with Crippen molar-refractivity contribution in [3.8, 4) is 0 Å². The average molecular weight is 249 g/mol. The van der Waals surface area contributed by atoms with Crippen LogP contribution in [0.5, 0.6) is 0 Å². The molecule has 0 spiro atoms. The largest absolute Gasteiger partial charge is 0.368 e. The molecule has 0 bridgehead atoms. The summed E-state index contributed by atoms with van der Waals surface area (Å²) in [6.07, 6.45) is -0.166. The van der Waals surface area contributed by atoms with Crippen molar-refractivity contribution in [2.75, 3.05) is 18.1 Å². The molecule has 6 heteroatoms. The standard InChI is InChI=1S/C9H10ClFN2OS/c1-5-7(11)8(10)13-9(12-5)6-4-15-3-2-14-6/h6H,2-4H2,1H3. The second kappa shape index (κ2) is 4.63. The minimum atomic E-state index is -0.552. The van der Waals surface area contributed by atoms with Crippen molar-refractivity contribution in [1.82, 2.24) is 9.97 Å². The number of aromatic nitrogens is 2. The fraction of sp³-hybridized carbons (Fsp3) is 0.556. The maximum atomic E-state index is 13.2. The zero-order chi connectivity index (χ0) is 10.8. The van der Waals surface area contributed by atoms with Gasteiger partial charge in [-0.2, -0.15) is 11.8 Å². The summed E-state index contributed by atoms with van der Waals surface area (Å²) in [4.78, 5) is 7.95. The number of rotatable bonds is 1. The third-order valence-corrected chi connectivity index (χ3v) is 3.34. The first-order chi connectivity index (χ1) is 7.18. The van der Waals surface area contributed by atoms with E-state index >= 15 is 0 Å². The van der Waals surface area contributed by atoms with E-state index in [9.17, 15) is 4.39 Å². The molecule has 2 rings (SSSR count). The van der Waals surface area contributed by atoms with Crippen LogP contribution >= 0.6 is 23.4 Å². The van der Waals surface area contributed by atoms with Crippen molar-refractivity contribution in [1.29, 1.82) is 0 Å². The molecule has 1 saturated heterocycles. The Morgan fingerprint density at radius 1 is 1.53 bits per heavy atom. The van der Waals surface area contributed by atoms with Crippen LogP contribution in [0.15, 0.2) is 0 Å². The predicted molar refractivity (Wildman–Crippen MR) is 57.8 cm³/mol. The van der Waals surface area contributed by atoms with Gasteiger partial charge >= 0.3 is 0 Å². The van der Waals surface area contributed by atoms with E-state index in [2.05, 4.69) is 9.97 Å². The van der Waals surface area contributed by atoms with Crippen LogP contribution < -0.4 is 0 Å². The molecule has 0 saturated carbocycles. The Labute approximate surface area is 96.4 Å². The molecule has 82 valence electrons. The highest BCUT2D eigenvalue weighted by atomic mass is 35.5. The van der Waals surface area contributed by atoms with Crippen molar-refractivity contribution in [3.05, 3.63) is 22.5 Å². The zero-order valence-electron chi connectivity index (χ0n) is 8.17. The molecular weight excluding hydrogens is 239 g/mol. The van der Waals surface area contributed by atoms with Crippen LogP contribution in [-0.4, -0.2) is 28.1 Å². The molecule has 1 fully saturated rings. The van der Waals surface area contributed by atoms with E-state index in [1.54, 1.807) is 18.7 Å². The molecule has 0 N–H and O–H groups in total. The minimum Gasteiger partial charge on any atom is -0.368 e. The topological polar surface area (TPSA) is 35.0 Å². The van der Waals surface area contributed by atoms with Gasteiger partial charge in [-0.3, -0.25) is 0 Å². The maximum Gasteiger partial charge on any atom is 0.181 e. The first kappa shape index (κ1) is 11.1. The SMILES string of the molecule is Cc1nc(C2CSCCO2)nc(Cl)c1F. The summed E-state index contributed by atoms with van der Waals surface area (Å²) in [7, 11) is 0. The normalized spacial score (nSPS) is 21.7. The van der Waals surface area contributed by atoms with E-state index in [0.717, 1.165) is 11.5 Å². The quantitative estimate of drug-likeness (QED) is 0.715. The monoisotopic (exact) mass is 248 g/mol. The molecule has 0 aromatic carbocycles. The van der Waals surface area contributed by atoms with Crippen molar-refractivity contribution in [2.45, 2.75) is 13.0 Å². The van der Waals surface area contributed by atoms with E-state index in [1.165, 1.54) is 0 Å². The molecular formula is C9H10ClFN2OS. The summed E-state index contributed by atoms with van der Waals surface area (Å²) in [5, 5.41) is -0.128. The van der Waals surface area contributed by atoms with Crippen molar-refractivity contribution >= 4 is 23.4 Å². The Hall–Kier alpha value is -0.390. The Morgan fingerprint density at radius 2 is 2.33 bits per heavy atom. The molecule has 1 aliphatic heterocycles. The first-order valence-corrected chi connectivity index (χ1v) is 6.10. The summed E-state index contributed by atoms with van der Waals surface area (Å²) in [6, 6.07) is 0. The van der Waals surface area contributed by atoms with E-state index in [4.69, 9.17) is 16.3 Å². The lowest BCUT2D eigenvalue weighted by Crippen LogP contribution is -2.19. The number of hydrogen-bond acceptors (Lipinski definition) is 4. The van der Waals surface area contributed by atoms with Gasteiger partial charge in [0.15, 0.2) is 16.8 Å². The first-order valence-electron chi connectivity index (χ1n) is 4.57. The third kappa shape index (κ3) is 2.41. The molecule has 0 radical (unpaired) electrons. The van der Waals surface area contributed by atoms with Gasteiger partial charge < -0.3 is 4.74 Å². The smallest absolute Gasteiger partial charge is 0.181 e. The highest BCUT2D eigenvalue weighted by Crippen LogP contribution is 2.26. The third-order valence-electron chi connectivity index (χ3n) is 2.10. The van der Waals surface area contributed by atoms with Crippen LogP contribution in [0.4, 0.5) is 4.39 Å². The van der Waals surface area contributed by atoms with Gasteiger partial charge in [-0.25, -0.2) is 14.4 Å². The van der Waals surface area contributed by atoms with E-state index < -0.39 is 5.82 Å². The summed E-state index contributed by atoms with van der Waals surface area (Å²) in [5.74, 6) is 1.70. The minimum absolute atomic E-state index is 0.128. The lowest BCUT2D eigenvalue weighted by Gasteiger charge is -2.21. The highest BCUT2D eigenvalue weighted by molar-refractivity contribution is 7.99. The average Bonchev–Trinajstić information content (AvgIpc) is 2.26. The number of hydrogen-bond donors (Lipinski definition) is 0. The summed E-state index contributed by atoms with van der Waals surface area (Å²) in [5.41, 5.74) is 0.268. The van der Waals surface area contributed by atoms with Gasteiger partial charge in [0.05, 0.1) is 12.3 Å². The Kier molecular flexibility index (Phi) is 3.43. The molecule has 2 heterocycles. The fourth-order valence-corrected chi connectivity index (χ4v) is 2.39. The lowest BCUT2D eigenvalue weighted by molar-refractivity contribution is 0.0691. The summed E-state index contributed by atoms with van der Waals surface area (Å²) >= 11 is 7.42. The lowest BCUT2D eigenvalue weighted by atomic mass is 10.3. The van der Waals surface area contributed by atoms with Crippen LogP contribution in [-0.2, 0) is 4.74 Å². The summed E-state index contributed by atoms with van der Waals surface area (Å²) in [6.45, 7) is 2.25. The number of halogens is 2. The van der Waals surface area contributed by atoms with Gasteiger partial charge in [-0.15, -0.1) is 0 Å². The molecule has 0 aliphatic carbocycles. The van der Waals surface area contributed by atoms with Crippen LogP contribution in [0.2, 0.25) is 5.15 Å². The second-order valence-electron chi connectivity index (χ2n) is 3.21. The Bertz CT molecular complexity index is 348. The van der Waals surface area contributed by atoms with E-state index in [-0.39, 0.29) is 17.0 Å². The van der Waals surface area contributed by atoms with Crippen LogP contribution in [0.1, 0.15) is 17.6 Å². The molecule has 3 nitrogen and oxygen atoms in total. The maximum absolute atomic E-state index is 13.2. The predicted octanol–water partition coefficient (Wildman–Crippen LogP) is 2.38. The van der Waals surface area contributed by atoms with Gasteiger partial charge in [-0.05, 0) is 6.92 Å². The van der Waals surface area contributed by atoms with Crippen LogP contribution in [0.3, 0.4) is 0 Å². The van der Waals surface area contributed by atoms with Crippen LogP contribution in [0.25, 0.3) is 0 Å². The van der Waals surface area contributed by atoms with Crippen molar-refractivity contribution in [3.63, 3.8) is 0 Å². The van der Waals surface area contributed by atoms with Crippen LogP contribution in [0, 0.1) is 12.7 Å². The molecule has 1 aromatic rings. The van der Waals surface area contributed by atoms with Gasteiger partial charge in [0.2, 0.25) is 0 Å². The van der Waals surface area contributed by atoms with Gasteiger partial charge in [-0.1, -0.05) is 11.6 Å². The van der Waals surface area contributed by atoms with E-state index in [0.29, 0.717) is 12.4 Å². The van der Waals surface area contributed by atoms with Gasteiger partial charge in [0.1, 0.15) is 6.10 Å². The van der Waals surface area contributed by atoms with Gasteiger partial charge in [0, 0.05) is 11.5 Å². The molecule has 1 aromatic heterocycles. The molecule has 1 atom stereocenters. The Balaban J connectivity index is 2.27. The summed E-state index contributed by atoms with van der Waals surface area (Å²) < 4.78 is 18.7. The number of thioether (sulfide) groups is 1. The second-order valence-corrected chi connectivity index (χ2v) is 4.71. The molecule has 1 aliphatic rings. The number of aryl methyl sites for hydroxylation is 1. The zero-order valence-corrected chi connectivity index (χ0v) is 9.74. The van der Waals surface area contributed by atoms with Gasteiger partial charge in [0.25, 0.3) is 0 Å². The van der Waals surface area contributed by atoms with Crippen molar-refractivity contribution in [2.24, 2.45) is 0 Å². The molecule has 15 heavy (non-hydrogen) atoms.